The summed E-state index contributed by atoms with van der Waals surface area (Å²) in [7, 11) is 0. The van der Waals surface area contributed by atoms with E-state index < -0.39 is 0 Å². The second-order valence-corrected chi connectivity index (χ2v) is 5.08. The summed E-state index contributed by atoms with van der Waals surface area (Å²) in [6.45, 7) is 0.613. The van der Waals surface area contributed by atoms with Gasteiger partial charge in [0, 0.05) is 34.1 Å². The highest BCUT2D eigenvalue weighted by molar-refractivity contribution is 7.19. The van der Waals surface area contributed by atoms with Gasteiger partial charge >= 0.3 is 0 Å². The lowest BCUT2D eigenvalue weighted by Gasteiger charge is -2.00. The van der Waals surface area contributed by atoms with E-state index in [9.17, 15) is 0 Å². The Bertz CT molecular complexity index is 644. The zero-order valence-electron chi connectivity index (χ0n) is 9.26. The van der Waals surface area contributed by atoms with E-state index in [1.165, 1.54) is 20.5 Å². The van der Waals surface area contributed by atoms with E-state index in [1.807, 2.05) is 12.3 Å². The molecule has 2 aromatic heterocycles. The topological polar surface area (TPSA) is 38.9 Å². The summed E-state index contributed by atoms with van der Waals surface area (Å²) in [5, 5.41) is 1.26. The lowest BCUT2D eigenvalue weighted by molar-refractivity contribution is 1.11. The molecule has 2 nitrogen and oxygen atoms in total. The molecule has 1 aromatic carbocycles. The Kier molecular flexibility index (Phi) is 2.63. The van der Waals surface area contributed by atoms with E-state index in [1.54, 1.807) is 17.5 Å². The van der Waals surface area contributed by atoms with Crippen molar-refractivity contribution in [3.05, 3.63) is 53.7 Å². The van der Waals surface area contributed by atoms with Gasteiger partial charge in [-0.15, -0.1) is 11.3 Å². The summed E-state index contributed by atoms with van der Waals surface area (Å²) in [5.41, 5.74) is 8.01. The molecule has 0 unspecified atom stereocenters. The van der Waals surface area contributed by atoms with Crippen LogP contribution in [0.1, 0.15) is 4.88 Å². The lowest BCUT2D eigenvalue weighted by atomic mass is 10.1. The Morgan fingerprint density at radius 2 is 2.06 bits per heavy atom. The Morgan fingerprint density at radius 1 is 1.12 bits per heavy atom. The van der Waals surface area contributed by atoms with Gasteiger partial charge in [-0.25, -0.2) is 0 Å². The predicted molar refractivity (Wildman–Crippen MR) is 72.9 cm³/mol. The fraction of sp³-hybridized carbons (Fsp3) is 0.0714. The van der Waals surface area contributed by atoms with E-state index in [0.717, 1.165) is 5.56 Å². The fourth-order valence-electron chi connectivity index (χ4n) is 1.91. The van der Waals surface area contributed by atoms with Gasteiger partial charge in [-0.1, -0.05) is 12.1 Å². The highest BCUT2D eigenvalue weighted by Gasteiger charge is 2.03. The van der Waals surface area contributed by atoms with Gasteiger partial charge in [-0.05, 0) is 35.2 Å². The highest BCUT2D eigenvalue weighted by Crippen LogP contribution is 2.29. The van der Waals surface area contributed by atoms with E-state index in [2.05, 4.69) is 35.3 Å². The molecule has 0 aliphatic carbocycles. The molecule has 84 valence electrons. The van der Waals surface area contributed by atoms with E-state index in [-0.39, 0.29) is 0 Å². The molecular weight excluding hydrogens is 228 g/mol. The molecule has 0 aliphatic heterocycles. The Labute approximate surface area is 104 Å². The first-order valence-corrected chi connectivity index (χ1v) is 6.31. The van der Waals surface area contributed by atoms with Crippen LogP contribution in [0.3, 0.4) is 0 Å². The molecule has 3 aromatic rings. The molecule has 0 atom stereocenters. The molecule has 0 radical (unpaired) electrons. The van der Waals surface area contributed by atoms with Crippen LogP contribution in [0, 0.1) is 0 Å². The number of pyridine rings is 1. The SMILES string of the molecule is NCc1cc2cc(-c3cccnc3)ccc2s1. The minimum atomic E-state index is 0.613. The van der Waals surface area contributed by atoms with Gasteiger partial charge < -0.3 is 5.73 Å². The van der Waals surface area contributed by atoms with Gasteiger partial charge in [-0.2, -0.15) is 0 Å². The average Bonchev–Trinajstić information content (AvgIpc) is 2.81. The molecule has 2 heterocycles. The number of thiophene rings is 1. The Morgan fingerprint density at radius 3 is 2.82 bits per heavy atom. The largest absolute Gasteiger partial charge is 0.326 e. The molecule has 2 N–H and O–H groups in total. The van der Waals surface area contributed by atoms with Crippen molar-refractivity contribution in [3.63, 3.8) is 0 Å². The molecule has 3 heteroatoms. The summed E-state index contributed by atoms with van der Waals surface area (Å²) in [6, 6.07) is 12.7. The van der Waals surface area contributed by atoms with Crippen molar-refractivity contribution in [3.8, 4) is 11.1 Å². The molecule has 0 saturated carbocycles. The minimum absolute atomic E-state index is 0.613. The Balaban J connectivity index is 2.13. The van der Waals surface area contributed by atoms with Crippen LogP contribution >= 0.6 is 11.3 Å². The van der Waals surface area contributed by atoms with Crippen molar-refractivity contribution < 1.29 is 0 Å². The lowest BCUT2D eigenvalue weighted by Crippen LogP contribution is -1.91. The molecule has 0 spiro atoms. The number of nitrogens with two attached hydrogens (primary N) is 1. The second-order valence-electron chi connectivity index (χ2n) is 3.91. The van der Waals surface area contributed by atoms with Crippen LogP contribution in [-0.4, -0.2) is 4.98 Å². The van der Waals surface area contributed by atoms with Gasteiger partial charge in [0.15, 0.2) is 0 Å². The van der Waals surface area contributed by atoms with Gasteiger partial charge in [0.05, 0.1) is 0 Å². The molecule has 3 rings (SSSR count). The summed E-state index contributed by atoms with van der Waals surface area (Å²) >= 11 is 1.76. The van der Waals surface area contributed by atoms with E-state index in [0.29, 0.717) is 6.54 Å². The molecule has 17 heavy (non-hydrogen) atoms. The van der Waals surface area contributed by atoms with Crippen LogP contribution in [0.2, 0.25) is 0 Å². The number of hydrogen-bond donors (Lipinski definition) is 1. The first-order valence-electron chi connectivity index (χ1n) is 5.50. The molecule has 0 fully saturated rings. The van der Waals surface area contributed by atoms with Gasteiger partial charge in [-0.3, -0.25) is 4.98 Å². The van der Waals surface area contributed by atoms with E-state index >= 15 is 0 Å². The molecule has 0 aliphatic rings. The maximum absolute atomic E-state index is 5.66. The Hall–Kier alpha value is -1.71. The number of rotatable bonds is 2. The smallest absolute Gasteiger partial charge is 0.0346 e. The van der Waals surface area contributed by atoms with Crippen molar-refractivity contribution in [1.29, 1.82) is 0 Å². The summed E-state index contributed by atoms with van der Waals surface area (Å²) in [4.78, 5) is 5.37. The van der Waals surface area contributed by atoms with Gasteiger partial charge in [0.2, 0.25) is 0 Å². The minimum Gasteiger partial charge on any atom is -0.326 e. The first-order chi connectivity index (χ1) is 8.36. The summed E-state index contributed by atoms with van der Waals surface area (Å²) in [6.07, 6.45) is 3.68. The maximum Gasteiger partial charge on any atom is 0.0346 e. The number of hydrogen-bond acceptors (Lipinski definition) is 3. The zero-order valence-corrected chi connectivity index (χ0v) is 10.1. The number of benzene rings is 1. The van der Waals surface area contributed by atoms with Crippen molar-refractivity contribution in [2.45, 2.75) is 6.54 Å². The summed E-state index contributed by atoms with van der Waals surface area (Å²) < 4.78 is 1.29. The predicted octanol–water partition coefficient (Wildman–Crippen LogP) is 3.42. The van der Waals surface area contributed by atoms with Crippen molar-refractivity contribution in [1.82, 2.24) is 4.98 Å². The molecule has 0 bridgehead atoms. The van der Waals surface area contributed by atoms with Gasteiger partial charge in [0.25, 0.3) is 0 Å². The number of fused-ring (bicyclic) bond motifs is 1. The monoisotopic (exact) mass is 240 g/mol. The second kappa shape index (κ2) is 4.28. The maximum atomic E-state index is 5.66. The first kappa shape index (κ1) is 10.4. The van der Waals surface area contributed by atoms with Crippen molar-refractivity contribution in [2.24, 2.45) is 5.73 Å². The van der Waals surface area contributed by atoms with E-state index in [4.69, 9.17) is 5.73 Å². The summed E-state index contributed by atoms with van der Waals surface area (Å²) in [5.74, 6) is 0. The van der Waals surface area contributed by atoms with Crippen molar-refractivity contribution >= 4 is 21.4 Å². The third-order valence-electron chi connectivity index (χ3n) is 2.76. The molecule has 0 saturated heterocycles. The van der Waals surface area contributed by atoms with Crippen LogP contribution < -0.4 is 5.73 Å². The zero-order chi connectivity index (χ0) is 11.7. The van der Waals surface area contributed by atoms with Crippen LogP contribution in [0.25, 0.3) is 21.2 Å². The van der Waals surface area contributed by atoms with Crippen LogP contribution in [0.4, 0.5) is 0 Å². The third kappa shape index (κ3) is 1.95. The van der Waals surface area contributed by atoms with Gasteiger partial charge in [0.1, 0.15) is 0 Å². The average molecular weight is 240 g/mol. The van der Waals surface area contributed by atoms with Crippen LogP contribution in [-0.2, 0) is 6.54 Å². The van der Waals surface area contributed by atoms with Crippen LogP contribution in [0.15, 0.2) is 48.8 Å². The normalized spacial score (nSPS) is 10.9. The standard InChI is InChI=1S/C14H12N2S/c15-8-13-7-12-6-10(3-4-14(12)17-13)11-2-1-5-16-9-11/h1-7,9H,8,15H2. The quantitative estimate of drug-likeness (QED) is 0.745. The third-order valence-corrected chi connectivity index (χ3v) is 3.90. The fourth-order valence-corrected chi connectivity index (χ4v) is 2.84. The molecular formula is C14H12N2S. The number of nitrogens with zero attached hydrogens (tertiary/aromatic N) is 1. The molecule has 0 amide bonds. The van der Waals surface area contributed by atoms with Crippen LogP contribution in [0.5, 0.6) is 0 Å². The highest BCUT2D eigenvalue weighted by atomic mass is 32.1. The number of aromatic nitrogens is 1. The van der Waals surface area contributed by atoms with Crippen molar-refractivity contribution in [2.75, 3.05) is 0 Å².